The number of nitrogens with one attached hydrogen (secondary N) is 2. The molecule has 8 heteroatoms. The standard InChI is InChI=1S/C23H37FN6.HI/c1-3-12-28-14-9-20(10-15-28)27-23(25-2)26-11-6-13-29-16-18-30(19-17-29)22-8-5-4-7-21(22)24;/h3-5,7-8,20H,1,6,9-19H2,2H3,(H2,25,26,27);1H. The molecule has 1 aromatic carbocycles. The van der Waals surface area contributed by atoms with Crippen LogP contribution in [0.1, 0.15) is 19.3 Å². The van der Waals surface area contributed by atoms with Crippen molar-refractivity contribution in [3.8, 4) is 0 Å². The number of halogens is 2. The van der Waals surface area contributed by atoms with Crippen molar-refractivity contribution in [3.05, 3.63) is 42.7 Å². The molecule has 0 atom stereocenters. The normalized spacial score (nSPS) is 19.0. The van der Waals surface area contributed by atoms with Crippen LogP contribution in [0.5, 0.6) is 0 Å². The fraction of sp³-hybridized carbons (Fsp3) is 0.609. The predicted octanol–water partition coefficient (Wildman–Crippen LogP) is 2.77. The quantitative estimate of drug-likeness (QED) is 0.173. The summed E-state index contributed by atoms with van der Waals surface area (Å²) in [7, 11) is 1.84. The number of rotatable bonds is 8. The van der Waals surface area contributed by atoms with Crippen molar-refractivity contribution >= 4 is 35.6 Å². The third-order valence-electron chi connectivity index (χ3n) is 6.05. The zero-order valence-electron chi connectivity index (χ0n) is 18.7. The first kappa shape index (κ1) is 25.9. The van der Waals surface area contributed by atoms with Crippen LogP contribution < -0.4 is 15.5 Å². The average Bonchev–Trinajstić information content (AvgIpc) is 2.78. The van der Waals surface area contributed by atoms with E-state index in [1.54, 1.807) is 12.1 Å². The molecule has 0 amide bonds. The summed E-state index contributed by atoms with van der Waals surface area (Å²) in [5.41, 5.74) is 0.726. The highest BCUT2D eigenvalue weighted by Crippen LogP contribution is 2.20. The van der Waals surface area contributed by atoms with Gasteiger partial charge in [0.1, 0.15) is 5.82 Å². The third kappa shape index (κ3) is 8.23. The molecule has 0 saturated carbocycles. The highest BCUT2D eigenvalue weighted by Gasteiger charge is 2.20. The number of hydrogen-bond donors (Lipinski definition) is 2. The number of likely N-dealkylation sites (tertiary alicyclic amines) is 1. The zero-order valence-corrected chi connectivity index (χ0v) is 21.1. The van der Waals surface area contributed by atoms with E-state index >= 15 is 0 Å². The van der Waals surface area contributed by atoms with Gasteiger partial charge in [-0.15, -0.1) is 30.6 Å². The van der Waals surface area contributed by atoms with Gasteiger partial charge in [-0.05, 0) is 37.9 Å². The second kappa shape index (κ2) is 13.9. The Hall–Kier alpha value is -1.39. The molecule has 0 unspecified atom stereocenters. The van der Waals surface area contributed by atoms with Gasteiger partial charge >= 0.3 is 0 Å². The zero-order chi connectivity index (χ0) is 21.2. The molecule has 2 aliphatic heterocycles. The van der Waals surface area contributed by atoms with Crippen molar-refractivity contribution < 1.29 is 4.39 Å². The van der Waals surface area contributed by atoms with Gasteiger partial charge in [-0.2, -0.15) is 0 Å². The molecule has 0 radical (unpaired) electrons. The van der Waals surface area contributed by atoms with Crippen molar-refractivity contribution in [1.82, 2.24) is 20.4 Å². The Kier molecular flexibility index (Phi) is 11.6. The number of hydrogen-bond acceptors (Lipinski definition) is 4. The number of benzene rings is 1. The van der Waals surface area contributed by atoms with Crippen LogP contribution in [0.15, 0.2) is 41.9 Å². The molecular formula is C23H38FIN6. The van der Waals surface area contributed by atoms with Crippen LogP contribution in [0.4, 0.5) is 10.1 Å². The Bertz CT molecular complexity index is 684. The fourth-order valence-corrected chi connectivity index (χ4v) is 4.26. The van der Waals surface area contributed by atoms with E-state index in [1.165, 1.54) is 0 Å². The van der Waals surface area contributed by atoms with Crippen LogP contribution in [0.2, 0.25) is 0 Å². The molecular weight excluding hydrogens is 506 g/mol. The van der Waals surface area contributed by atoms with Crippen molar-refractivity contribution in [2.45, 2.75) is 25.3 Å². The van der Waals surface area contributed by atoms with E-state index in [9.17, 15) is 4.39 Å². The lowest BCUT2D eigenvalue weighted by atomic mass is 10.1. The molecule has 174 valence electrons. The second-order valence-electron chi connectivity index (χ2n) is 8.14. The lowest BCUT2D eigenvalue weighted by Gasteiger charge is -2.36. The lowest BCUT2D eigenvalue weighted by Crippen LogP contribution is -2.49. The van der Waals surface area contributed by atoms with Gasteiger partial charge in [0.25, 0.3) is 0 Å². The number of guanidine groups is 1. The third-order valence-corrected chi connectivity index (χ3v) is 6.05. The molecule has 1 aromatic rings. The molecule has 0 spiro atoms. The number of para-hydroxylation sites is 1. The lowest BCUT2D eigenvalue weighted by molar-refractivity contribution is 0.225. The van der Waals surface area contributed by atoms with Crippen LogP contribution in [-0.2, 0) is 0 Å². The van der Waals surface area contributed by atoms with Crippen LogP contribution in [0.3, 0.4) is 0 Å². The van der Waals surface area contributed by atoms with E-state index in [0.717, 1.165) is 89.8 Å². The largest absolute Gasteiger partial charge is 0.367 e. The van der Waals surface area contributed by atoms with Crippen LogP contribution in [0, 0.1) is 5.82 Å². The molecule has 2 aliphatic rings. The number of piperidine rings is 1. The molecule has 2 fully saturated rings. The highest BCUT2D eigenvalue weighted by atomic mass is 127. The van der Waals surface area contributed by atoms with Crippen LogP contribution in [-0.4, -0.2) is 87.8 Å². The topological polar surface area (TPSA) is 46.1 Å². The van der Waals surface area contributed by atoms with E-state index in [0.29, 0.717) is 6.04 Å². The van der Waals surface area contributed by atoms with Gasteiger partial charge in [-0.3, -0.25) is 14.8 Å². The molecule has 31 heavy (non-hydrogen) atoms. The summed E-state index contributed by atoms with van der Waals surface area (Å²) >= 11 is 0. The molecule has 6 nitrogen and oxygen atoms in total. The molecule has 0 aliphatic carbocycles. The maximum atomic E-state index is 14.0. The van der Waals surface area contributed by atoms with E-state index in [-0.39, 0.29) is 29.8 Å². The summed E-state index contributed by atoms with van der Waals surface area (Å²) in [5, 5.41) is 7.02. The van der Waals surface area contributed by atoms with Gasteiger partial charge in [0.15, 0.2) is 5.96 Å². The van der Waals surface area contributed by atoms with Gasteiger partial charge in [0.05, 0.1) is 5.69 Å². The van der Waals surface area contributed by atoms with Gasteiger partial charge in [0, 0.05) is 65.4 Å². The van der Waals surface area contributed by atoms with Gasteiger partial charge < -0.3 is 15.5 Å². The summed E-state index contributed by atoms with van der Waals surface area (Å²) < 4.78 is 14.0. The van der Waals surface area contributed by atoms with E-state index in [4.69, 9.17) is 0 Å². The molecule has 2 heterocycles. The number of anilines is 1. The van der Waals surface area contributed by atoms with Gasteiger partial charge in [-0.25, -0.2) is 4.39 Å². The maximum Gasteiger partial charge on any atom is 0.191 e. The summed E-state index contributed by atoms with van der Waals surface area (Å²) in [6.07, 6.45) is 5.33. The Morgan fingerprint density at radius 1 is 1.13 bits per heavy atom. The monoisotopic (exact) mass is 544 g/mol. The summed E-state index contributed by atoms with van der Waals surface area (Å²) in [6, 6.07) is 7.55. The summed E-state index contributed by atoms with van der Waals surface area (Å²) in [6.45, 7) is 12.7. The van der Waals surface area contributed by atoms with Gasteiger partial charge in [0.2, 0.25) is 0 Å². The Morgan fingerprint density at radius 2 is 1.84 bits per heavy atom. The predicted molar refractivity (Wildman–Crippen MR) is 139 cm³/mol. The fourth-order valence-electron chi connectivity index (χ4n) is 4.26. The van der Waals surface area contributed by atoms with E-state index in [2.05, 4.69) is 36.9 Å². The first-order valence-corrected chi connectivity index (χ1v) is 11.2. The van der Waals surface area contributed by atoms with Crippen molar-refractivity contribution in [2.24, 2.45) is 4.99 Å². The molecule has 0 aromatic heterocycles. The SMILES string of the molecule is C=CCN1CCC(NC(=NC)NCCCN2CCN(c3ccccc3F)CC2)CC1.I. The van der Waals surface area contributed by atoms with Crippen LogP contribution >= 0.6 is 24.0 Å². The minimum atomic E-state index is -0.125. The summed E-state index contributed by atoms with van der Waals surface area (Å²) in [5.74, 6) is 0.780. The van der Waals surface area contributed by atoms with Crippen LogP contribution in [0.25, 0.3) is 0 Å². The van der Waals surface area contributed by atoms with E-state index < -0.39 is 0 Å². The first-order chi connectivity index (χ1) is 14.7. The van der Waals surface area contributed by atoms with Crippen molar-refractivity contribution in [3.63, 3.8) is 0 Å². The van der Waals surface area contributed by atoms with Crippen molar-refractivity contribution in [2.75, 3.05) is 70.9 Å². The van der Waals surface area contributed by atoms with Gasteiger partial charge in [-0.1, -0.05) is 18.2 Å². The molecule has 2 saturated heterocycles. The minimum Gasteiger partial charge on any atom is -0.367 e. The smallest absolute Gasteiger partial charge is 0.191 e. The Balaban J connectivity index is 0.00000341. The number of piperazine rings is 1. The molecule has 2 N–H and O–H groups in total. The number of aliphatic imine (C=N–C) groups is 1. The number of nitrogens with zero attached hydrogens (tertiary/aromatic N) is 4. The average molecular weight is 545 g/mol. The second-order valence-corrected chi connectivity index (χ2v) is 8.14. The van der Waals surface area contributed by atoms with E-state index in [1.807, 2.05) is 25.3 Å². The maximum absolute atomic E-state index is 14.0. The summed E-state index contributed by atoms with van der Waals surface area (Å²) in [4.78, 5) is 11.4. The highest BCUT2D eigenvalue weighted by molar-refractivity contribution is 14.0. The minimum absolute atomic E-state index is 0. The Labute approximate surface area is 204 Å². The molecule has 3 rings (SSSR count). The Morgan fingerprint density at radius 3 is 2.48 bits per heavy atom. The first-order valence-electron chi connectivity index (χ1n) is 11.2. The van der Waals surface area contributed by atoms with Crippen molar-refractivity contribution in [1.29, 1.82) is 0 Å². The molecule has 0 bridgehead atoms.